The van der Waals surface area contributed by atoms with Crippen LogP contribution in [0.5, 0.6) is 0 Å². The van der Waals surface area contributed by atoms with Crippen molar-refractivity contribution in [2.24, 2.45) is 14.1 Å². The monoisotopic (exact) mass is 405 g/mol. The molecule has 0 aliphatic carbocycles. The maximum absolute atomic E-state index is 14.7. The highest BCUT2D eigenvalue weighted by Crippen LogP contribution is 2.40. The molecule has 0 saturated carbocycles. The first-order valence-electron chi connectivity index (χ1n) is 9.74. The van der Waals surface area contributed by atoms with E-state index >= 15 is 0 Å². The Hall–Kier alpha value is -3.45. The Morgan fingerprint density at radius 3 is 2.40 bits per heavy atom. The highest BCUT2D eigenvalue weighted by Gasteiger charge is 2.34. The fraction of sp³-hybridized carbons (Fsp3) is 0.217. The SMILES string of the molecule is Cn1c(=O)c2c(-c3ccccc3)n3c(c2n(C)c1=O)[C@@H](c1ccccc1F)OCC3. The first-order chi connectivity index (χ1) is 14.5. The van der Waals surface area contributed by atoms with Gasteiger partial charge in [-0.3, -0.25) is 13.9 Å². The molecule has 1 aliphatic heterocycles. The second-order valence-electron chi connectivity index (χ2n) is 7.45. The molecule has 0 saturated heterocycles. The van der Waals surface area contributed by atoms with E-state index in [9.17, 15) is 14.0 Å². The van der Waals surface area contributed by atoms with E-state index in [1.165, 1.54) is 17.7 Å². The van der Waals surface area contributed by atoms with Crippen molar-refractivity contribution in [1.82, 2.24) is 13.7 Å². The topological polar surface area (TPSA) is 58.2 Å². The number of nitrogens with zero attached hydrogens (tertiary/aromatic N) is 3. The lowest BCUT2D eigenvalue weighted by Crippen LogP contribution is -2.37. The summed E-state index contributed by atoms with van der Waals surface area (Å²) < 4.78 is 25.3. The average molecular weight is 405 g/mol. The predicted molar refractivity (Wildman–Crippen MR) is 112 cm³/mol. The van der Waals surface area contributed by atoms with E-state index in [1.807, 2.05) is 34.9 Å². The van der Waals surface area contributed by atoms with E-state index in [4.69, 9.17) is 4.74 Å². The van der Waals surface area contributed by atoms with Gasteiger partial charge in [0.2, 0.25) is 0 Å². The molecule has 30 heavy (non-hydrogen) atoms. The molecule has 0 spiro atoms. The van der Waals surface area contributed by atoms with Crippen LogP contribution >= 0.6 is 0 Å². The molecule has 4 aromatic rings. The molecule has 2 aromatic heterocycles. The van der Waals surface area contributed by atoms with Crippen LogP contribution in [0.15, 0.2) is 64.2 Å². The number of hydrogen-bond donors (Lipinski definition) is 0. The van der Waals surface area contributed by atoms with Crippen molar-refractivity contribution in [3.63, 3.8) is 0 Å². The molecule has 5 rings (SSSR count). The zero-order valence-corrected chi connectivity index (χ0v) is 16.6. The number of benzene rings is 2. The van der Waals surface area contributed by atoms with Crippen LogP contribution in [-0.2, 0) is 25.4 Å². The smallest absolute Gasteiger partial charge is 0.331 e. The van der Waals surface area contributed by atoms with Gasteiger partial charge in [-0.15, -0.1) is 0 Å². The molecule has 6 nitrogen and oxygen atoms in total. The minimum atomic E-state index is -0.724. The van der Waals surface area contributed by atoms with Crippen LogP contribution in [0.3, 0.4) is 0 Å². The van der Waals surface area contributed by atoms with Crippen LogP contribution in [0.2, 0.25) is 0 Å². The summed E-state index contributed by atoms with van der Waals surface area (Å²) >= 11 is 0. The van der Waals surface area contributed by atoms with Crippen molar-refractivity contribution in [3.8, 4) is 11.3 Å². The molecule has 0 N–H and O–H groups in total. The zero-order valence-electron chi connectivity index (χ0n) is 16.6. The Kier molecular flexibility index (Phi) is 4.22. The summed E-state index contributed by atoms with van der Waals surface area (Å²) in [6.07, 6.45) is -0.724. The Bertz CT molecular complexity index is 1400. The Morgan fingerprint density at radius 2 is 1.67 bits per heavy atom. The first kappa shape index (κ1) is 18.6. The molecule has 1 atom stereocenters. The largest absolute Gasteiger partial charge is 0.365 e. The van der Waals surface area contributed by atoms with Gasteiger partial charge < -0.3 is 9.30 Å². The molecular formula is C23H20FN3O3. The highest BCUT2D eigenvalue weighted by atomic mass is 19.1. The number of fused-ring (bicyclic) bond motifs is 3. The van der Waals surface area contributed by atoms with Crippen molar-refractivity contribution < 1.29 is 9.13 Å². The summed E-state index contributed by atoms with van der Waals surface area (Å²) in [6, 6.07) is 16.0. The summed E-state index contributed by atoms with van der Waals surface area (Å²) in [5.74, 6) is -0.389. The summed E-state index contributed by atoms with van der Waals surface area (Å²) in [7, 11) is 3.10. The third-order valence-electron chi connectivity index (χ3n) is 5.79. The molecule has 0 unspecified atom stereocenters. The van der Waals surface area contributed by atoms with Crippen LogP contribution in [0.4, 0.5) is 4.39 Å². The van der Waals surface area contributed by atoms with E-state index in [0.717, 1.165) is 15.8 Å². The lowest BCUT2D eigenvalue weighted by atomic mass is 10.0. The van der Waals surface area contributed by atoms with Crippen molar-refractivity contribution in [3.05, 3.63) is 92.5 Å². The van der Waals surface area contributed by atoms with Crippen LogP contribution in [0, 0.1) is 5.82 Å². The van der Waals surface area contributed by atoms with Gasteiger partial charge in [0.25, 0.3) is 5.56 Å². The minimum absolute atomic E-state index is 0.362. The number of rotatable bonds is 2. The Morgan fingerprint density at radius 1 is 0.967 bits per heavy atom. The standard InChI is InChI=1S/C23H20FN3O3/c1-25-19-17(22(28)26(2)23(25)29)18(14-8-4-3-5-9-14)27-12-13-30-21(20(19)27)15-10-6-7-11-16(15)24/h3-11,21H,12-13H2,1-2H3/t21-/m1/s1. The second kappa shape index (κ2) is 6.81. The number of halogens is 1. The van der Waals surface area contributed by atoms with E-state index < -0.39 is 11.8 Å². The third-order valence-corrected chi connectivity index (χ3v) is 5.79. The number of hydrogen-bond acceptors (Lipinski definition) is 3. The summed E-state index contributed by atoms with van der Waals surface area (Å²) in [5.41, 5.74) is 2.26. The first-order valence-corrected chi connectivity index (χ1v) is 9.74. The van der Waals surface area contributed by atoms with E-state index in [2.05, 4.69) is 0 Å². The molecule has 152 valence electrons. The molecule has 3 heterocycles. The summed E-state index contributed by atoms with van der Waals surface area (Å²) in [4.78, 5) is 26.0. The Labute approximate surface area is 171 Å². The molecule has 7 heteroatoms. The van der Waals surface area contributed by atoms with Gasteiger partial charge in [0, 0.05) is 26.2 Å². The van der Waals surface area contributed by atoms with Gasteiger partial charge in [-0.2, -0.15) is 0 Å². The van der Waals surface area contributed by atoms with Crippen LogP contribution in [0.25, 0.3) is 22.2 Å². The fourth-order valence-corrected chi connectivity index (χ4v) is 4.40. The minimum Gasteiger partial charge on any atom is -0.365 e. The average Bonchev–Trinajstić information content (AvgIpc) is 3.13. The highest BCUT2D eigenvalue weighted by molar-refractivity contribution is 5.96. The van der Waals surface area contributed by atoms with Crippen molar-refractivity contribution in [2.75, 3.05) is 6.61 Å². The van der Waals surface area contributed by atoms with Gasteiger partial charge >= 0.3 is 5.69 Å². The third kappa shape index (κ3) is 2.52. The molecule has 0 bridgehead atoms. The molecule has 0 radical (unpaired) electrons. The van der Waals surface area contributed by atoms with Gasteiger partial charge in [-0.1, -0.05) is 48.5 Å². The second-order valence-corrected chi connectivity index (χ2v) is 7.45. The van der Waals surface area contributed by atoms with E-state index in [1.54, 1.807) is 25.2 Å². The zero-order chi connectivity index (χ0) is 21.0. The fourth-order valence-electron chi connectivity index (χ4n) is 4.40. The van der Waals surface area contributed by atoms with Gasteiger partial charge in [0.15, 0.2) is 0 Å². The van der Waals surface area contributed by atoms with E-state index in [0.29, 0.717) is 35.3 Å². The molecule has 1 aliphatic rings. The number of ether oxygens (including phenoxy) is 1. The van der Waals surface area contributed by atoms with Gasteiger partial charge in [-0.05, 0) is 11.6 Å². The Balaban J connectivity index is 1.98. The molecule has 0 amide bonds. The lowest BCUT2D eigenvalue weighted by molar-refractivity contribution is 0.0457. The van der Waals surface area contributed by atoms with Gasteiger partial charge in [0.1, 0.15) is 11.9 Å². The number of aryl methyl sites for hydroxylation is 1. The van der Waals surface area contributed by atoms with Gasteiger partial charge in [-0.25, -0.2) is 9.18 Å². The molecule has 0 fully saturated rings. The summed E-state index contributed by atoms with van der Waals surface area (Å²) in [5, 5.41) is 0.438. The van der Waals surface area contributed by atoms with Crippen molar-refractivity contribution >= 4 is 10.9 Å². The molecular weight excluding hydrogens is 385 g/mol. The van der Waals surface area contributed by atoms with Crippen LogP contribution in [-0.4, -0.2) is 20.3 Å². The van der Waals surface area contributed by atoms with Crippen LogP contribution in [0.1, 0.15) is 17.4 Å². The van der Waals surface area contributed by atoms with Crippen molar-refractivity contribution in [2.45, 2.75) is 12.6 Å². The summed E-state index contributed by atoms with van der Waals surface area (Å²) in [6.45, 7) is 0.859. The molecule has 2 aromatic carbocycles. The maximum Gasteiger partial charge on any atom is 0.331 e. The number of aromatic nitrogens is 3. The van der Waals surface area contributed by atoms with Crippen LogP contribution < -0.4 is 11.2 Å². The lowest BCUT2D eigenvalue weighted by Gasteiger charge is -2.28. The van der Waals surface area contributed by atoms with Gasteiger partial charge in [0.05, 0.1) is 28.9 Å². The normalized spacial score (nSPS) is 16.0. The van der Waals surface area contributed by atoms with Crippen molar-refractivity contribution in [1.29, 1.82) is 0 Å². The maximum atomic E-state index is 14.7. The van der Waals surface area contributed by atoms with E-state index in [-0.39, 0.29) is 11.4 Å². The predicted octanol–water partition coefficient (Wildman–Crippen LogP) is 2.96. The quantitative estimate of drug-likeness (QED) is 0.515.